The molecular formula is C13H16O8. The van der Waals surface area contributed by atoms with Crippen LogP contribution in [-0.4, -0.2) is 49.8 Å². The molecule has 1 rings (SSSR count). The number of hydrogen-bond donors (Lipinski definition) is 0. The van der Waals surface area contributed by atoms with Crippen LogP contribution >= 0.6 is 0 Å². The quantitative estimate of drug-likeness (QED) is 0.353. The van der Waals surface area contributed by atoms with Crippen molar-refractivity contribution in [2.24, 2.45) is 5.92 Å². The van der Waals surface area contributed by atoms with E-state index in [0.29, 0.717) is 0 Å². The van der Waals surface area contributed by atoms with Crippen molar-refractivity contribution in [1.29, 1.82) is 0 Å². The zero-order valence-corrected chi connectivity index (χ0v) is 11.7. The molecule has 1 aliphatic rings. The van der Waals surface area contributed by atoms with Gasteiger partial charge in [0.2, 0.25) is 0 Å². The number of carbonyl (C=O) groups is 5. The minimum atomic E-state index is -1.52. The monoisotopic (exact) mass is 300 g/mol. The van der Waals surface area contributed by atoms with Gasteiger partial charge in [0.05, 0.1) is 20.6 Å². The lowest BCUT2D eigenvalue weighted by molar-refractivity contribution is -0.150. The minimum Gasteiger partial charge on any atom is -0.469 e. The van der Waals surface area contributed by atoms with Crippen LogP contribution in [0.25, 0.3) is 0 Å². The molecule has 1 saturated heterocycles. The van der Waals surface area contributed by atoms with Crippen molar-refractivity contribution in [3.63, 3.8) is 0 Å². The second-order valence-electron chi connectivity index (χ2n) is 4.44. The number of esters is 3. The van der Waals surface area contributed by atoms with Gasteiger partial charge in [-0.2, -0.15) is 0 Å². The van der Waals surface area contributed by atoms with Crippen molar-refractivity contribution in [1.82, 2.24) is 0 Å². The summed E-state index contributed by atoms with van der Waals surface area (Å²) >= 11 is 0. The molecule has 8 heteroatoms. The average Bonchev–Trinajstić information content (AvgIpc) is 2.72. The molecule has 2 atom stereocenters. The molecular weight excluding hydrogens is 284 g/mol. The molecule has 0 aromatic heterocycles. The second kappa shape index (κ2) is 7.51. The highest BCUT2D eigenvalue weighted by Crippen LogP contribution is 2.23. The number of carbonyl (C=O) groups excluding carboxylic acids is 5. The fraction of sp³-hybridized carbons (Fsp3) is 0.615. The summed E-state index contributed by atoms with van der Waals surface area (Å²) in [7, 11) is 2.36. The molecule has 0 bridgehead atoms. The van der Waals surface area contributed by atoms with Gasteiger partial charge >= 0.3 is 17.9 Å². The summed E-state index contributed by atoms with van der Waals surface area (Å²) < 4.78 is 13.5. The zero-order chi connectivity index (χ0) is 16.0. The Morgan fingerprint density at radius 2 is 1.67 bits per heavy atom. The van der Waals surface area contributed by atoms with Crippen molar-refractivity contribution < 1.29 is 38.2 Å². The molecule has 1 fully saturated rings. The van der Waals surface area contributed by atoms with E-state index in [1.54, 1.807) is 0 Å². The van der Waals surface area contributed by atoms with Gasteiger partial charge in [0, 0.05) is 12.8 Å². The van der Waals surface area contributed by atoms with Crippen LogP contribution in [-0.2, 0) is 38.2 Å². The Morgan fingerprint density at radius 3 is 2.24 bits per heavy atom. The standard InChI is InChI=1S/C13H16O8/c1-19-9(15)5-3-4-7(14)11-12(17)8(21-13(11)18)6-10(16)20-2/h8,11H,3-6H2,1-2H3. The maximum atomic E-state index is 11.9. The largest absolute Gasteiger partial charge is 0.469 e. The molecule has 0 aromatic carbocycles. The first-order chi connectivity index (χ1) is 9.90. The van der Waals surface area contributed by atoms with E-state index in [1.165, 1.54) is 7.11 Å². The Bertz CT molecular complexity index is 467. The fourth-order valence-electron chi connectivity index (χ4n) is 1.89. The molecule has 0 amide bonds. The summed E-state index contributed by atoms with van der Waals surface area (Å²) in [6.07, 6.45) is -1.62. The summed E-state index contributed by atoms with van der Waals surface area (Å²) in [5.41, 5.74) is 0. The van der Waals surface area contributed by atoms with E-state index in [0.717, 1.165) is 7.11 Å². The van der Waals surface area contributed by atoms with Crippen LogP contribution in [0.2, 0.25) is 0 Å². The summed E-state index contributed by atoms with van der Waals surface area (Å²) in [6, 6.07) is 0. The Morgan fingerprint density at radius 1 is 1.05 bits per heavy atom. The Hall–Kier alpha value is -2.25. The Labute approximate surface area is 120 Å². The number of ether oxygens (including phenoxy) is 3. The topological polar surface area (TPSA) is 113 Å². The van der Waals surface area contributed by atoms with E-state index in [-0.39, 0.29) is 19.3 Å². The lowest BCUT2D eigenvalue weighted by Crippen LogP contribution is -2.29. The number of ketones is 2. The number of Topliss-reactive ketones (excluding diaryl/α,β-unsaturated/α-hetero) is 2. The SMILES string of the molecule is COC(=O)CCCC(=O)C1C(=O)OC(CC(=O)OC)C1=O. The third kappa shape index (κ3) is 4.37. The van der Waals surface area contributed by atoms with Crippen LogP contribution in [0.3, 0.4) is 0 Å². The lowest BCUT2D eigenvalue weighted by Gasteiger charge is -2.05. The van der Waals surface area contributed by atoms with Crippen LogP contribution in [0.15, 0.2) is 0 Å². The number of rotatable bonds is 7. The van der Waals surface area contributed by atoms with Crippen LogP contribution in [0.1, 0.15) is 25.7 Å². The highest BCUT2D eigenvalue weighted by molar-refractivity contribution is 6.22. The Balaban J connectivity index is 2.56. The van der Waals surface area contributed by atoms with Crippen LogP contribution < -0.4 is 0 Å². The van der Waals surface area contributed by atoms with E-state index < -0.39 is 47.9 Å². The third-order valence-corrected chi connectivity index (χ3v) is 3.03. The van der Waals surface area contributed by atoms with E-state index in [2.05, 4.69) is 9.47 Å². The van der Waals surface area contributed by atoms with Gasteiger partial charge < -0.3 is 14.2 Å². The van der Waals surface area contributed by atoms with Crippen molar-refractivity contribution >= 4 is 29.5 Å². The van der Waals surface area contributed by atoms with Crippen molar-refractivity contribution in [2.45, 2.75) is 31.8 Å². The lowest BCUT2D eigenvalue weighted by atomic mass is 9.94. The van der Waals surface area contributed by atoms with Gasteiger partial charge in [0.25, 0.3) is 0 Å². The summed E-state index contributed by atoms with van der Waals surface area (Å²) in [5.74, 6) is -5.03. The maximum absolute atomic E-state index is 11.9. The minimum absolute atomic E-state index is 0.0176. The Kier molecular flexibility index (Phi) is 6.01. The van der Waals surface area contributed by atoms with Gasteiger partial charge in [-0.1, -0.05) is 0 Å². The molecule has 0 aromatic rings. The number of cyclic esters (lactones) is 1. The summed E-state index contributed by atoms with van der Waals surface area (Å²) in [4.78, 5) is 57.3. The molecule has 2 unspecified atom stereocenters. The van der Waals surface area contributed by atoms with Crippen molar-refractivity contribution in [2.75, 3.05) is 14.2 Å². The van der Waals surface area contributed by atoms with Gasteiger partial charge in [-0.25, -0.2) is 0 Å². The van der Waals surface area contributed by atoms with Gasteiger partial charge in [-0.15, -0.1) is 0 Å². The normalized spacial score (nSPS) is 20.9. The molecule has 116 valence electrons. The smallest absolute Gasteiger partial charge is 0.325 e. The summed E-state index contributed by atoms with van der Waals surface area (Å²) in [5, 5.41) is 0. The molecule has 0 spiro atoms. The average molecular weight is 300 g/mol. The molecule has 8 nitrogen and oxygen atoms in total. The maximum Gasteiger partial charge on any atom is 0.325 e. The molecule has 21 heavy (non-hydrogen) atoms. The van der Waals surface area contributed by atoms with E-state index in [9.17, 15) is 24.0 Å². The predicted octanol–water partition coefficient (Wildman–Crippen LogP) is -0.427. The summed E-state index contributed by atoms with van der Waals surface area (Å²) in [6.45, 7) is 0. The number of methoxy groups -OCH3 is 2. The van der Waals surface area contributed by atoms with E-state index in [1.807, 2.05) is 0 Å². The van der Waals surface area contributed by atoms with Crippen LogP contribution in [0, 0.1) is 5.92 Å². The first-order valence-electron chi connectivity index (χ1n) is 6.31. The zero-order valence-electron chi connectivity index (χ0n) is 11.7. The number of hydrogen-bond acceptors (Lipinski definition) is 8. The first kappa shape index (κ1) is 16.8. The van der Waals surface area contributed by atoms with E-state index in [4.69, 9.17) is 4.74 Å². The van der Waals surface area contributed by atoms with Gasteiger partial charge in [0.15, 0.2) is 23.6 Å². The molecule has 0 N–H and O–H groups in total. The third-order valence-electron chi connectivity index (χ3n) is 3.03. The molecule has 0 saturated carbocycles. The predicted molar refractivity (Wildman–Crippen MR) is 65.9 cm³/mol. The highest BCUT2D eigenvalue weighted by atomic mass is 16.6. The van der Waals surface area contributed by atoms with E-state index >= 15 is 0 Å². The van der Waals surface area contributed by atoms with Gasteiger partial charge in [-0.05, 0) is 6.42 Å². The molecule has 1 heterocycles. The molecule has 0 aliphatic carbocycles. The van der Waals surface area contributed by atoms with Gasteiger partial charge in [0.1, 0.15) is 0 Å². The van der Waals surface area contributed by atoms with Crippen molar-refractivity contribution in [3.8, 4) is 0 Å². The molecule has 1 aliphatic heterocycles. The fourth-order valence-corrected chi connectivity index (χ4v) is 1.89. The van der Waals surface area contributed by atoms with Crippen LogP contribution in [0.5, 0.6) is 0 Å². The first-order valence-corrected chi connectivity index (χ1v) is 6.31. The second-order valence-corrected chi connectivity index (χ2v) is 4.44. The van der Waals surface area contributed by atoms with Crippen molar-refractivity contribution in [3.05, 3.63) is 0 Å². The van der Waals surface area contributed by atoms with Gasteiger partial charge in [-0.3, -0.25) is 24.0 Å². The highest BCUT2D eigenvalue weighted by Gasteiger charge is 2.48. The molecule has 0 radical (unpaired) electrons. The van der Waals surface area contributed by atoms with Crippen LogP contribution in [0.4, 0.5) is 0 Å².